The Kier molecular flexibility index (Phi) is 14.6. The molecule has 25 heteroatoms. The van der Waals surface area contributed by atoms with E-state index in [0.717, 1.165) is 25.4 Å². The number of benzene rings is 6. The van der Waals surface area contributed by atoms with Crippen molar-refractivity contribution >= 4 is 82.5 Å². The van der Waals surface area contributed by atoms with E-state index in [1.165, 1.54) is 0 Å². The zero-order valence-corrected chi connectivity index (χ0v) is 35.6. The maximum Gasteiger partial charge on any atom is 0.227 e. The van der Waals surface area contributed by atoms with Gasteiger partial charge in [-0.1, -0.05) is 48.5 Å². The van der Waals surface area contributed by atoms with E-state index >= 15 is 35.1 Å². The molecule has 0 amide bonds. The lowest BCUT2D eigenvalue weighted by Crippen LogP contribution is -2.81. The number of fused-ring (bicyclic) bond motifs is 1. The van der Waals surface area contributed by atoms with Crippen LogP contribution in [0.3, 0.4) is 0 Å². The van der Waals surface area contributed by atoms with Crippen molar-refractivity contribution in [3.05, 3.63) is 198 Å². The number of aromatic nitrogens is 1. The van der Waals surface area contributed by atoms with Crippen LogP contribution in [0.25, 0.3) is 16.8 Å². The zero-order chi connectivity index (χ0) is 50.6. The van der Waals surface area contributed by atoms with Crippen molar-refractivity contribution < 1.29 is 97.2 Å². The summed E-state index contributed by atoms with van der Waals surface area (Å²) in [6, 6.07) is 19.6. The monoisotopic (exact) mass is 1110 g/mol. The van der Waals surface area contributed by atoms with E-state index in [-0.39, 0.29) is 5.78 Å². The van der Waals surface area contributed by atoms with Crippen LogP contribution in [0, 0.1) is 116 Å². The maximum absolute atomic E-state index is 15.4. The van der Waals surface area contributed by atoms with Gasteiger partial charge in [0, 0.05) is 17.7 Å². The van der Waals surface area contributed by atoms with Gasteiger partial charge >= 0.3 is 0 Å². The minimum atomic E-state index is -7.22. The van der Waals surface area contributed by atoms with Gasteiger partial charge in [0.2, 0.25) is 18.0 Å². The largest absolute Gasteiger partial charge is 0.287 e. The number of nitrogens with zero attached hydrogens (tertiary/aromatic N) is 1. The van der Waals surface area contributed by atoms with E-state index in [1.54, 1.807) is 0 Å². The van der Waals surface area contributed by atoms with Crippen molar-refractivity contribution in [2.45, 2.75) is 6.54 Å². The van der Waals surface area contributed by atoms with Crippen LogP contribution in [0.2, 0.25) is 0 Å². The predicted molar refractivity (Wildman–Crippen MR) is 210 cm³/mol. The Balaban J connectivity index is 0.000000276. The Morgan fingerprint density at radius 1 is 0.412 bits per heavy atom. The number of hydrogen-bond acceptors (Lipinski definition) is 1. The van der Waals surface area contributed by atoms with Crippen LogP contribution in [0.1, 0.15) is 16.1 Å². The van der Waals surface area contributed by atoms with E-state index in [2.05, 4.69) is 44.0 Å². The Labute approximate surface area is 382 Å². The molecule has 68 heavy (non-hydrogen) atoms. The zero-order valence-electron chi connectivity index (χ0n) is 32.4. The highest BCUT2D eigenvalue weighted by Gasteiger charge is 2.52. The number of pyridine rings is 1. The van der Waals surface area contributed by atoms with E-state index in [1.807, 2.05) is 65.4 Å². The average Bonchev–Trinajstić information content (AvgIpc) is 3.32. The summed E-state index contributed by atoms with van der Waals surface area (Å²) in [6.07, 6.45) is -3.29. The van der Waals surface area contributed by atoms with Gasteiger partial charge in [0.25, 0.3) is 0 Å². The number of halogens is 22. The second-order valence-electron chi connectivity index (χ2n) is 13.9. The molecule has 0 aliphatic heterocycles. The lowest BCUT2D eigenvalue weighted by Gasteiger charge is -2.44. The number of rotatable bonds is 8. The van der Waals surface area contributed by atoms with Gasteiger partial charge in [-0.05, 0) is 43.3 Å². The predicted octanol–water partition coefficient (Wildman–Crippen LogP) is 10.9. The fraction of sp³-hybridized carbons (Fsp3) is 0.0233. The molecular weight excluding hydrogens is 1100 g/mol. The molecule has 0 saturated carbocycles. The third-order valence-electron chi connectivity index (χ3n) is 10.3. The minimum absolute atomic E-state index is 0.0891. The van der Waals surface area contributed by atoms with Gasteiger partial charge in [-0.25, -0.2) is 87.8 Å². The SMILES string of the molecule is Fc1c(F)c(F)c([B-](c2c(F)c(F)c(F)c(F)c2F)(c2c(F)c(F)c(F)c(F)c2F)c2c(F)c(F)c(F)c(F)c2F)c(F)c1F.O=C(C[n+]1ccc2ccccc2c1C=C(Br)Br)c1ccccc1. The standard InChI is InChI=1S/C24BF20.C19H14Br2NO/c26-5-1(6(27)14(35)21(42)13(5)34)25(2-7(28)15(36)22(43)16(37)8(2)29,3-9(30)17(38)23(44)18(39)10(3)31)4-11(32)19(40)24(45)20(41)12(4)33;20-19(21)12-17-16-9-5-4-6-14(16)10-11-22(17)13-18(23)15-7-2-1-3-8-15/h;1-12H,13H2/q-1;+1. The van der Waals surface area contributed by atoms with Gasteiger partial charge in [-0.3, -0.25) is 4.79 Å². The number of Topliss-reactive ketones (excluding diaryl/α,β-unsaturated/α-hetero) is 1. The lowest BCUT2D eigenvalue weighted by molar-refractivity contribution is -0.683. The highest BCUT2D eigenvalue weighted by Crippen LogP contribution is 2.31. The van der Waals surface area contributed by atoms with Crippen LogP contribution in [-0.4, -0.2) is 11.9 Å². The van der Waals surface area contributed by atoms with Gasteiger partial charge in [-0.15, -0.1) is 21.9 Å². The normalized spacial score (nSPS) is 11.5. The third-order valence-corrected chi connectivity index (χ3v) is 10.8. The van der Waals surface area contributed by atoms with Crippen LogP contribution in [-0.2, 0) is 6.54 Å². The van der Waals surface area contributed by atoms with Crippen LogP contribution in [0.15, 0.2) is 70.3 Å². The molecule has 0 aliphatic carbocycles. The van der Waals surface area contributed by atoms with Crippen molar-refractivity contribution in [1.29, 1.82) is 0 Å². The number of carbonyl (C=O) groups excluding carboxylic acids is 1. The molecule has 0 saturated heterocycles. The smallest absolute Gasteiger partial charge is 0.227 e. The number of carbonyl (C=O) groups is 1. The van der Waals surface area contributed by atoms with Crippen LogP contribution >= 0.6 is 31.9 Å². The van der Waals surface area contributed by atoms with Crippen LogP contribution in [0.5, 0.6) is 0 Å². The summed E-state index contributed by atoms with van der Waals surface area (Å²) in [6.45, 7) is 0.300. The molecule has 7 rings (SSSR count). The van der Waals surface area contributed by atoms with Gasteiger partial charge in [0.1, 0.15) is 52.7 Å². The Hall–Kier alpha value is -6.24. The molecule has 2 nitrogen and oxygen atoms in total. The molecular formula is C43H14BBr2F20NO. The molecule has 0 aliphatic rings. The Morgan fingerprint density at radius 3 is 1.03 bits per heavy atom. The van der Waals surface area contributed by atoms with Gasteiger partial charge < -0.3 is 0 Å². The van der Waals surface area contributed by atoms with Crippen LogP contribution in [0.4, 0.5) is 87.8 Å². The average molecular weight is 1110 g/mol. The molecule has 7 aromatic rings. The van der Waals surface area contributed by atoms with Crippen molar-refractivity contribution in [3.8, 4) is 0 Å². The minimum Gasteiger partial charge on any atom is -0.287 e. The van der Waals surface area contributed by atoms with Gasteiger partial charge in [0.05, 0.1) is 8.78 Å². The summed E-state index contributed by atoms with van der Waals surface area (Å²) in [5.41, 5.74) is -12.6. The first kappa shape index (κ1) is 51.2. The van der Waals surface area contributed by atoms with Crippen molar-refractivity contribution in [2.24, 2.45) is 0 Å². The number of ketones is 1. The second-order valence-corrected chi connectivity index (χ2v) is 16.7. The molecule has 0 atom stereocenters. The number of hydrogen-bond donors (Lipinski definition) is 0. The highest BCUT2D eigenvalue weighted by molar-refractivity contribution is 9.28. The van der Waals surface area contributed by atoms with E-state index in [4.69, 9.17) is 0 Å². The quantitative estimate of drug-likeness (QED) is 0.0371. The molecule has 354 valence electrons. The van der Waals surface area contributed by atoms with Gasteiger partial charge in [-0.2, -0.15) is 4.57 Å². The summed E-state index contributed by atoms with van der Waals surface area (Å²) in [7, 11) is 0. The first-order valence-corrected chi connectivity index (χ1v) is 19.7. The van der Waals surface area contributed by atoms with E-state index in [0.29, 0.717) is 6.54 Å². The molecule has 0 radical (unpaired) electrons. The molecule has 1 heterocycles. The molecule has 1 aromatic heterocycles. The summed E-state index contributed by atoms with van der Waals surface area (Å²) < 4.78 is 297. The first-order valence-electron chi connectivity index (χ1n) is 18.1. The third kappa shape index (κ3) is 8.29. The summed E-state index contributed by atoms with van der Waals surface area (Å²) in [4.78, 5) is 12.5. The molecule has 0 N–H and O–H groups in total. The molecule has 0 unspecified atom stereocenters. The fourth-order valence-corrected chi connectivity index (χ4v) is 7.86. The highest BCUT2D eigenvalue weighted by atomic mass is 79.9. The molecule has 6 aromatic carbocycles. The van der Waals surface area contributed by atoms with Crippen LogP contribution < -0.4 is 26.4 Å². The second kappa shape index (κ2) is 19.4. The summed E-state index contributed by atoms with van der Waals surface area (Å²) in [5, 5.41) is 2.25. The maximum atomic E-state index is 15.4. The Bertz CT molecular complexity index is 2880. The van der Waals surface area contributed by atoms with E-state index in [9.17, 15) is 57.5 Å². The lowest BCUT2D eigenvalue weighted by atomic mass is 9.12. The summed E-state index contributed by atoms with van der Waals surface area (Å²) in [5.74, 6) is -71.3. The van der Waals surface area contributed by atoms with Crippen molar-refractivity contribution in [2.75, 3.05) is 0 Å². The molecule has 0 fully saturated rings. The van der Waals surface area contributed by atoms with E-state index < -0.39 is 144 Å². The molecule has 0 spiro atoms. The topological polar surface area (TPSA) is 20.9 Å². The first-order chi connectivity index (χ1) is 31.8. The Morgan fingerprint density at radius 2 is 0.706 bits per heavy atom. The van der Waals surface area contributed by atoms with Crippen molar-refractivity contribution in [3.63, 3.8) is 0 Å². The van der Waals surface area contributed by atoms with Gasteiger partial charge in [0.15, 0.2) is 76.0 Å². The molecule has 0 bridgehead atoms. The fourth-order valence-electron chi connectivity index (χ4n) is 7.43. The van der Waals surface area contributed by atoms with Crippen molar-refractivity contribution in [1.82, 2.24) is 0 Å². The summed E-state index contributed by atoms with van der Waals surface area (Å²) >= 11 is 6.84.